The van der Waals surface area contributed by atoms with Gasteiger partial charge in [0.15, 0.2) is 0 Å². The molecule has 52 heavy (non-hydrogen) atoms. The summed E-state index contributed by atoms with van der Waals surface area (Å²) in [7, 11) is 0. The zero-order chi connectivity index (χ0) is 34.6. The molecule has 9 aromatic carbocycles. The Bertz CT molecular complexity index is 3010. The lowest BCUT2D eigenvalue weighted by atomic mass is 9.81. The van der Waals surface area contributed by atoms with Crippen molar-refractivity contribution in [1.82, 2.24) is 0 Å². The van der Waals surface area contributed by atoms with E-state index in [1.54, 1.807) is 0 Å². The van der Waals surface area contributed by atoms with Gasteiger partial charge in [0, 0.05) is 21.6 Å². The fourth-order valence-electron chi connectivity index (χ4n) is 9.18. The van der Waals surface area contributed by atoms with Crippen LogP contribution in [0.2, 0.25) is 0 Å². The molecule has 0 saturated carbocycles. The van der Waals surface area contributed by atoms with Crippen LogP contribution in [0, 0.1) is 0 Å². The van der Waals surface area contributed by atoms with Crippen LogP contribution >= 0.6 is 0 Å². The molecule has 1 nitrogen and oxygen atoms in total. The van der Waals surface area contributed by atoms with Gasteiger partial charge in [0.1, 0.15) is 11.2 Å². The van der Waals surface area contributed by atoms with Gasteiger partial charge in [-0.2, -0.15) is 0 Å². The van der Waals surface area contributed by atoms with Gasteiger partial charge in [0.25, 0.3) is 0 Å². The smallest absolute Gasteiger partial charge is 0.143 e. The van der Waals surface area contributed by atoms with Gasteiger partial charge in [-0.15, -0.1) is 0 Å². The Hall–Kier alpha value is -6.44. The van der Waals surface area contributed by atoms with Crippen molar-refractivity contribution in [3.05, 3.63) is 181 Å². The molecule has 11 rings (SSSR count). The van der Waals surface area contributed by atoms with E-state index in [1.807, 2.05) is 0 Å². The van der Waals surface area contributed by atoms with Crippen molar-refractivity contribution in [3.8, 4) is 44.5 Å². The van der Waals surface area contributed by atoms with E-state index in [-0.39, 0.29) is 5.41 Å². The Kier molecular flexibility index (Phi) is 6.08. The molecule has 0 atom stereocenters. The summed E-state index contributed by atoms with van der Waals surface area (Å²) in [6.07, 6.45) is 0. The zero-order valence-corrected chi connectivity index (χ0v) is 29.1. The molecule has 0 fully saturated rings. The maximum atomic E-state index is 6.60. The van der Waals surface area contributed by atoms with Crippen molar-refractivity contribution in [1.29, 1.82) is 0 Å². The van der Waals surface area contributed by atoms with E-state index in [2.05, 4.69) is 184 Å². The fourth-order valence-corrected chi connectivity index (χ4v) is 9.18. The minimum Gasteiger partial charge on any atom is -0.455 e. The topological polar surface area (TPSA) is 13.1 Å². The van der Waals surface area contributed by atoms with Crippen LogP contribution in [0.4, 0.5) is 0 Å². The number of benzene rings is 9. The van der Waals surface area contributed by atoms with Gasteiger partial charge < -0.3 is 4.42 Å². The SMILES string of the molecule is CC1(C)c2cc(-c3ccc(-c4c5ccccc5c(-c5ccccc5)c5ccccc45)cc3)ccc2-c2c1ccc1ccc3c4ccccc4oc3c21. The first-order chi connectivity index (χ1) is 25.6. The molecule has 0 radical (unpaired) electrons. The number of rotatable bonds is 3. The molecule has 1 aromatic heterocycles. The first kappa shape index (κ1) is 29.3. The predicted molar refractivity (Wildman–Crippen MR) is 220 cm³/mol. The molecule has 0 spiro atoms. The van der Waals surface area contributed by atoms with Crippen molar-refractivity contribution >= 4 is 54.3 Å². The predicted octanol–water partition coefficient (Wildman–Crippen LogP) is 14.4. The highest BCUT2D eigenvalue weighted by atomic mass is 16.3. The second kappa shape index (κ2) is 10.8. The Morgan fingerprint density at radius 2 is 0.923 bits per heavy atom. The minimum absolute atomic E-state index is 0.151. The average molecular weight is 663 g/mol. The molecule has 0 bridgehead atoms. The number of furan rings is 1. The van der Waals surface area contributed by atoms with Crippen molar-refractivity contribution in [2.24, 2.45) is 0 Å². The molecule has 1 aliphatic carbocycles. The largest absolute Gasteiger partial charge is 0.455 e. The van der Waals surface area contributed by atoms with E-state index in [9.17, 15) is 0 Å². The first-order valence-electron chi connectivity index (χ1n) is 18.2. The summed E-state index contributed by atoms with van der Waals surface area (Å²) in [6.45, 7) is 4.73. The monoisotopic (exact) mass is 662 g/mol. The quantitative estimate of drug-likeness (QED) is 0.172. The number of hydrogen-bond donors (Lipinski definition) is 0. The van der Waals surface area contributed by atoms with Crippen LogP contribution in [-0.2, 0) is 5.41 Å². The molecule has 1 heteroatoms. The van der Waals surface area contributed by atoms with Crippen molar-refractivity contribution in [3.63, 3.8) is 0 Å². The molecule has 1 heterocycles. The normalized spacial score (nSPS) is 13.3. The summed E-state index contributed by atoms with van der Waals surface area (Å²) >= 11 is 0. The second-order valence-corrected chi connectivity index (χ2v) is 14.8. The second-order valence-electron chi connectivity index (χ2n) is 14.8. The van der Waals surface area contributed by atoms with Crippen LogP contribution in [0.5, 0.6) is 0 Å². The van der Waals surface area contributed by atoms with E-state index in [4.69, 9.17) is 4.42 Å². The fraction of sp³-hybridized carbons (Fsp3) is 0.0588. The van der Waals surface area contributed by atoms with Crippen LogP contribution in [0.1, 0.15) is 25.0 Å². The summed E-state index contributed by atoms with van der Waals surface area (Å²) in [6, 6.07) is 62.3. The van der Waals surface area contributed by atoms with Gasteiger partial charge in [-0.1, -0.05) is 166 Å². The maximum absolute atomic E-state index is 6.60. The number of para-hydroxylation sites is 1. The van der Waals surface area contributed by atoms with Crippen molar-refractivity contribution in [2.45, 2.75) is 19.3 Å². The molecule has 0 saturated heterocycles. The van der Waals surface area contributed by atoms with Crippen molar-refractivity contribution in [2.75, 3.05) is 0 Å². The van der Waals surface area contributed by atoms with Gasteiger partial charge in [-0.3, -0.25) is 0 Å². The first-order valence-corrected chi connectivity index (χ1v) is 18.2. The lowest BCUT2D eigenvalue weighted by molar-refractivity contribution is 0.660. The van der Waals surface area contributed by atoms with E-state index < -0.39 is 0 Å². The van der Waals surface area contributed by atoms with E-state index in [0.29, 0.717) is 0 Å². The maximum Gasteiger partial charge on any atom is 0.143 e. The Balaban J connectivity index is 1.05. The molecular formula is C51H34O. The lowest BCUT2D eigenvalue weighted by Gasteiger charge is -2.22. The zero-order valence-electron chi connectivity index (χ0n) is 29.1. The van der Waals surface area contributed by atoms with Crippen LogP contribution in [-0.4, -0.2) is 0 Å². The summed E-state index contributed by atoms with van der Waals surface area (Å²) in [5.74, 6) is 0. The molecule has 10 aromatic rings. The third-order valence-electron chi connectivity index (χ3n) is 11.7. The average Bonchev–Trinajstić information content (AvgIpc) is 3.69. The Morgan fingerprint density at radius 1 is 0.385 bits per heavy atom. The van der Waals surface area contributed by atoms with Crippen molar-refractivity contribution < 1.29 is 4.42 Å². The number of fused-ring (bicyclic) bond motifs is 11. The van der Waals surface area contributed by atoms with Crippen LogP contribution in [0.15, 0.2) is 174 Å². The summed E-state index contributed by atoms with van der Waals surface area (Å²) in [5.41, 5.74) is 14.6. The molecule has 0 amide bonds. The van der Waals surface area contributed by atoms with Gasteiger partial charge in [-0.05, 0) is 101 Å². The highest BCUT2D eigenvalue weighted by molar-refractivity contribution is 6.22. The molecule has 0 unspecified atom stereocenters. The highest BCUT2D eigenvalue weighted by Crippen LogP contribution is 2.54. The number of hydrogen-bond acceptors (Lipinski definition) is 1. The van der Waals surface area contributed by atoms with Gasteiger partial charge in [0.2, 0.25) is 0 Å². The molecule has 0 aliphatic heterocycles. The molecular weight excluding hydrogens is 629 g/mol. The van der Waals surface area contributed by atoms with E-state index in [1.165, 1.54) is 98.7 Å². The third kappa shape index (κ3) is 4.05. The van der Waals surface area contributed by atoms with Crippen LogP contribution in [0.25, 0.3) is 98.8 Å². The minimum atomic E-state index is -0.151. The van der Waals surface area contributed by atoms with Crippen LogP contribution < -0.4 is 0 Å². The van der Waals surface area contributed by atoms with Gasteiger partial charge in [0.05, 0.1) is 0 Å². The Morgan fingerprint density at radius 3 is 1.60 bits per heavy atom. The lowest BCUT2D eigenvalue weighted by Crippen LogP contribution is -2.15. The molecule has 244 valence electrons. The third-order valence-corrected chi connectivity index (χ3v) is 11.7. The van der Waals surface area contributed by atoms with E-state index in [0.717, 1.165) is 11.2 Å². The molecule has 0 N–H and O–H groups in total. The Labute approximate surface area is 302 Å². The summed E-state index contributed by atoms with van der Waals surface area (Å²) in [4.78, 5) is 0. The standard InChI is InChI=1S/C51H34O/c1-51(2)43-29-26-34-24-27-41-36-14-10-11-19-45(36)52-50(41)48(34)49(43)42-28-25-35(30-44(42)51)31-20-22-33(23-21-31)47-39-17-8-6-15-37(39)46(32-12-4-3-5-13-32)38-16-7-9-18-40(38)47/h3-30H,1-2H3. The molecule has 1 aliphatic rings. The highest BCUT2D eigenvalue weighted by Gasteiger charge is 2.37. The van der Waals surface area contributed by atoms with Gasteiger partial charge in [-0.25, -0.2) is 0 Å². The summed E-state index contributed by atoms with van der Waals surface area (Å²) < 4.78 is 6.60. The van der Waals surface area contributed by atoms with Gasteiger partial charge >= 0.3 is 0 Å². The summed E-state index contributed by atoms with van der Waals surface area (Å²) in [5, 5.41) is 9.87. The van der Waals surface area contributed by atoms with Crippen LogP contribution in [0.3, 0.4) is 0 Å². The van der Waals surface area contributed by atoms with E-state index >= 15 is 0 Å².